The first-order chi connectivity index (χ1) is 13.4. The fraction of sp³-hybridized carbons (Fsp3) is 0.333. The zero-order chi connectivity index (χ0) is 18.7. The molecule has 142 valence electrons. The lowest BCUT2D eigenvalue weighted by Gasteiger charge is -2.14. The molecule has 3 aromatic rings. The monoisotopic (exact) mass is 395 g/mol. The van der Waals surface area contributed by atoms with Gasteiger partial charge >= 0.3 is 0 Å². The number of rotatable bonds is 11. The third kappa shape index (κ3) is 6.51. The van der Waals surface area contributed by atoms with Crippen molar-refractivity contribution in [1.82, 2.24) is 4.57 Å². The van der Waals surface area contributed by atoms with E-state index in [0.29, 0.717) is 0 Å². The van der Waals surface area contributed by atoms with E-state index >= 15 is 0 Å². The summed E-state index contributed by atoms with van der Waals surface area (Å²) in [5.74, 6) is 2.07. The van der Waals surface area contributed by atoms with Gasteiger partial charge < -0.3 is 4.57 Å². The summed E-state index contributed by atoms with van der Waals surface area (Å²) >= 11 is 3.86. The molecule has 0 radical (unpaired) electrons. The van der Waals surface area contributed by atoms with Gasteiger partial charge in [-0.25, -0.2) is 0 Å². The van der Waals surface area contributed by atoms with Crippen LogP contribution in [0.5, 0.6) is 0 Å². The van der Waals surface area contributed by atoms with Gasteiger partial charge in [0.15, 0.2) is 0 Å². The summed E-state index contributed by atoms with van der Waals surface area (Å²) in [6.07, 6.45) is 5.22. The van der Waals surface area contributed by atoms with Gasteiger partial charge in [0, 0.05) is 39.2 Å². The number of hydrogen-bond acceptors (Lipinski definition) is 2. The van der Waals surface area contributed by atoms with Crippen LogP contribution in [0.1, 0.15) is 44.0 Å². The molecule has 0 spiro atoms. The van der Waals surface area contributed by atoms with Gasteiger partial charge in [0.05, 0.1) is 0 Å². The Balaban J connectivity index is 1.66. The maximum absolute atomic E-state index is 2.57. The fourth-order valence-corrected chi connectivity index (χ4v) is 4.97. The summed E-state index contributed by atoms with van der Waals surface area (Å²) in [5.41, 5.74) is 2.90. The number of aromatic nitrogens is 1. The molecule has 0 bridgehead atoms. The van der Waals surface area contributed by atoms with Crippen molar-refractivity contribution in [2.45, 2.75) is 60.4 Å². The van der Waals surface area contributed by atoms with Crippen molar-refractivity contribution >= 4 is 23.5 Å². The van der Waals surface area contributed by atoms with Gasteiger partial charge in [-0.15, -0.1) is 23.5 Å². The number of benzene rings is 2. The van der Waals surface area contributed by atoms with Crippen molar-refractivity contribution in [3.63, 3.8) is 0 Å². The smallest absolute Gasteiger partial charge is 0.0385 e. The van der Waals surface area contributed by atoms with Crippen molar-refractivity contribution in [3.8, 4) is 0 Å². The van der Waals surface area contributed by atoms with Gasteiger partial charge in [-0.3, -0.25) is 0 Å². The lowest BCUT2D eigenvalue weighted by Crippen LogP contribution is -2.06. The molecule has 0 aliphatic heterocycles. The van der Waals surface area contributed by atoms with Crippen LogP contribution in [0.2, 0.25) is 0 Å². The summed E-state index contributed by atoms with van der Waals surface area (Å²) in [5, 5.41) is 0. The first-order valence-corrected chi connectivity index (χ1v) is 11.9. The third-order valence-corrected chi connectivity index (χ3v) is 6.75. The van der Waals surface area contributed by atoms with Crippen molar-refractivity contribution < 1.29 is 0 Å². The number of thioether (sulfide) groups is 2. The predicted octanol–water partition coefficient (Wildman–Crippen LogP) is 7.65. The van der Waals surface area contributed by atoms with E-state index in [1.165, 1.54) is 46.9 Å². The molecule has 2 aromatic carbocycles. The summed E-state index contributed by atoms with van der Waals surface area (Å²) in [6, 6.07) is 26.1. The normalized spacial score (nSPS) is 11.0. The van der Waals surface area contributed by atoms with Gasteiger partial charge in [-0.2, -0.15) is 0 Å². The summed E-state index contributed by atoms with van der Waals surface area (Å²) in [6.45, 7) is 3.42. The Morgan fingerprint density at radius 1 is 0.630 bits per heavy atom. The van der Waals surface area contributed by atoms with E-state index in [1.54, 1.807) is 0 Å². The molecular formula is C24H29NS2. The zero-order valence-corrected chi connectivity index (χ0v) is 17.8. The fourth-order valence-electron chi connectivity index (χ4n) is 3.14. The molecule has 0 saturated heterocycles. The van der Waals surface area contributed by atoms with Crippen LogP contribution in [0, 0.1) is 0 Å². The number of hydrogen-bond donors (Lipinski definition) is 0. The molecule has 0 atom stereocenters. The summed E-state index contributed by atoms with van der Waals surface area (Å²) < 4.78 is 2.57. The second kappa shape index (κ2) is 11.3. The molecular weight excluding hydrogens is 366 g/mol. The minimum absolute atomic E-state index is 1.04. The van der Waals surface area contributed by atoms with Crippen LogP contribution in [0.15, 0.2) is 82.6 Å². The second-order valence-corrected chi connectivity index (χ2v) is 8.83. The Morgan fingerprint density at radius 2 is 1.15 bits per heavy atom. The van der Waals surface area contributed by atoms with Crippen molar-refractivity contribution in [1.29, 1.82) is 0 Å². The van der Waals surface area contributed by atoms with E-state index in [-0.39, 0.29) is 0 Å². The molecule has 1 nitrogen and oxygen atoms in total. The van der Waals surface area contributed by atoms with E-state index < -0.39 is 0 Å². The van der Waals surface area contributed by atoms with Crippen molar-refractivity contribution in [3.05, 3.63) is 84.2 Å². The molecule has 3 rings (SSSR count). The lowest BCUT2D eigenvalue weighted by molar-refractivity contribution is 0.566. The molecule has 1 heterocycles. The Hall–Kier alpha value is -1.58. The zero-order valence-electron chi connectivity index (χ0n) is 16.1. The van der Waals surface area contributed by atoms with Crippen molar-refractivity contribution in [2.24, 2.45) is 0 Å². The number of nitrogens with zero attached hydrogens (tertiary/aromatic N) is 1. The highest BCUT2D eigenvalue weighted by Crippen LogP contribution is 2.27. The van der Waals surface area contributed by atoms with E-state index in [1.807, 2.05) is 23.5 Å². The molecule has 0 N–H and O–H groups in total. The topological polar surface area (TPSA) is 4.93 Å². The van der Waals surface area contributed by atoms with Crippen LogP contribution < -0.4 is 0 Å². The first kappa shape index (κ1) is 20.2. The molecule has 1 aromatic heterocycles. The van der Waals surface area contributed by atoms with Gasteiger partial charge in [-0.1, -0.05) is 62.6 Å². The Bertz CT molecular complexity index is 720. The Morgan fingerprint density at radius 3 is 1.63 bits per heavy atom. The van der Waals surface area contributed by atoms with E-state index in [9.17, 15) is 0 Å². The van der Waals surface area contributed by atoms with Crippen LogP contribution in [-0.2, 0) is 18.1 Å². The van der Waals surface area contributed by atoms with Crippen LogP contribution in [0.25, 0.3) is 0 Å². The number of unbranched alkanes of at least 4 members (excludes halogenated alkanes) is 3. The largest absolute Gasteiger partial charge is 0.347 e. The minimum Gasteiger partial charge on any atom is -0.347 e. The first-order valence-electron chi connectivity index (χ1n) is 9.90. The van der Waals surface area contributed by atoms with E-state index in [0.717, 1.165) is 18.1 Å². The average molecular weight is 396 g/mol. The van der Waals surface area contributed by atoms with Gasteiger partial charge in [-0.05, 0) is 42.8 Å². The third-order valence-electron chi connectivity index (χ3n) is 4.66. The maximum Gasteiger partial charge on any atom is 0.0385 e. The molecule has 0 aliphatic rings. The predicted molar refractivity (Wildman–Crippen MR) is 121 cm³/mol. The van der Waals surface area contributed by atoms with Gasteiger partial charge in [0.1, 0.15) is 0 Å². The SMILES string of the molecule is CCCCCCn1c(CSc2ccccc2)ccc1CSc1ccccc1. The van der Waals surface area contributed by atoms with Crippen molar-refractivity contribution in [2.75, 3.05) is 0 Å². The van der Waals surface area contributed by atoms with Crippen LogP contribution in [-0.4, -0.2) is 4.57 Å². The highest BCUT2D eigenvalue weighted by atomic mass is 32.2. The molecule has 27 heavy (non-hydrogen) atoms. The highest BCUT2D eigenvalue weighted by Gasteiger charge is 2.09. The van der Waals surface area contributed by atoms with E-state index in [2.05, 4.69) is 84.3 Å². The molecule has 0 aliphatic carbocycles. The lowest BCUT2D eigenvalue weighted by atomic mass is 10.2. The highest BCUT2D eigenvalue weighted by molar-refractivity contribution is 7.98. The minimum atomic E-state index is 1.04. The summed E-state index contributed by atoms with van der Waals surface area (Å²) in [7, 11) is 0. The molecule has 0 amide bonds. The average Bonchev–Trinajstić information content (AvgIpc) is 3.11. The van der Waals surface area contributed by atoms with E-state index in [4.69, 9.17) is 0 Å². The molecule has 0 fully saturated rings. The molecule has 3 heteroatoms. The molecule has 0 unspecified atom stereocenters. The second-order valence-electron chi connectivity index (χ2n) is 6.73. The quantitative estimate of drug-likeness (QED) is 0.243. The van der Waals surface area contributed by atoms with Crippen LogP contribution in [0.3, 0.4) is 0 Å². The van der Waals surface area contributed by atoms with Gasteiger partial charge in [0.2, 0.25) is 0 Å². The maximum atomic E-state index is 2.57. The summed E-state index contributed by atoms with van der Waals surface area (Å²) in [4.78, 5) is 2.69. The standard InChI is InChI=1S/C24H29NS2/c1-2-3-4-11-18-25-21(19-26-23-12-7-5-8-13-23)16-17-22(25)20-27-24-14-9-6-10-15-24/h5-10,12-17H,2-4,11,18-20H2,1H3. The Kier molecular flexibility index (Phi) is 8.44. The molecule has 0 saturated carbocycles. The van der Waals surface area contributed by atoms with Crippen LogP contribution in [0.4, 0.5) is 0 Å². The van der Waals surface area contributed by atoms with Crippen LogP contribution >= 0.6 is 23.5 Å². The van der Waals surface area contributed by atoms with Gasteiger partial charge in [0.25, 0.3) is 0 Å². The Labute approximate surface area is 172 Å².